The average molecular weight is 382 g/mol. The minimum Gasteiger partial charge on any atom is -0.302 e. The summed E-state index contributed by atoms with van der Waals surface area (Å²) in [6, 6.07) is 10.3. The van der Waals surface area contributed by atoms with Gasteiger partial charge in [0.15, 0.2) is 0 Å². The topological polar surface area (TPSA) is 38.1 Å². The molecule has 0 amide bonds. The number of thiophene rings is 1. The predicted octanol–water partition coefficient (Wildman–Crippen LogP) is 3.88. The van der Waals surface area contributed by atoms with Crippen molar-refractivity contribution in [2.75, 3.05) is 19.6 Å². The molecule has 0 bridgehead atoms. The van der Waals surface area contributed by atoms with E-state index in [1.165, 1.54) is 22.4 Å². The first-order valence-electron chi connectivity index (χ1n) is 10.0. The van der Waals surface area contributed by atoms with Gasteiger partial charge in [-0.15, -0.1) is 11.3 Å². The molecule has 0 unspecified atom stereocenters. The molecule has 0 fully saturated rings. The van der Waals surface area contributed by atoms with Crippen LogP contribution in [0.1, 0.15) is 42.1 Å². The summed E-state index contributed by atoms with van der Waals surface area (Å²) < 4.78 is 1.94. The number of hydrogen-bond acceptors (Lipinski definition) is 4. The second-order valence-corrected chi connectivity index (χ2v) is 8.30. The Morgan fingerprint density at radius 2 is 1.93 bits per heavy atom. The molecule has 4 rings (SSSR count). The van der Waals surface area contributed by atoms with Gasteiger partial charge in [0.1, 0.15) is 10.7 Å². The Bertz CT molecular complexity index is 986. The van der Waals surface area contributed by atoms with Crippen molar-refractivity contribution in [1.82, 2.24) is 14.5 Å². The Kier molecular flexibility index (Phi) is 5.41. The van der Waals surface area contributed by atoms with Crippen LogP contribution >= 0.6 is 11.3 Å². The van der Waals surface area contributed by atoms with Crippen LogP contribution < -0.4 is 5.56 Å². The van der Waals surface area contributed by atoms with Gasteiger partial charge in [-0.25, -0.2) is 4.98 Å². The zero-order valence-corrected chi connectivity index (χ0v) is 17.0. The van der Waals surface area contributed by atoms with E-state index in [-0.39, 0.29) is 5.56 Å². The quantitative estimate of drug-likeness (QED) is 0.623. The molecular formula is C22H27N3OS. The fourth-order valence-corrected chi connectivity index (χ4v) is 5.31. The second-order valence-electron chi connectivity index (χ2n) is 7.21. The van der Waals surface area contributed by atoms with Crippen LogP contribution in [0.3, 0.4) is 0 Å². The van der Waals surface area contributed by atoms with Crippen molar-refractivity contribution in [1.29, 1.82) is 0 Å². The van der Waals surface area contributed by atoms with Crippen LogP contribution in [0.15, 0.2) is 35.1 Å². The van der Waals surface area contributed by atoms with Crippen LogP contribution in [-0.4, -0.2) is 34.1 Å². The van der Waals surface area contributed by atoms with Gasteiger partial charge in [0, 0.05) is 24.4 Å². The van der Waals surface area contributed by atoms with E-state index < -0.39 is 0 Å². The first-order valence-corrected chi connectivity index (χ1v) is 10.8. The van der Waals surface area contributed by atoms with Crippen LogP contribution in [-0.2, 0) is 25.8 Å². The summed E-state index contributed by atoms with van der Waals surface area (Å²) in [5, 5.41) is 0.892. The summed E-state index contributed by atoms with van der Waals surface area (Å²) in [7, 11) is 0. The third-order valence-electron chi connectivity index (χ3n) is 5.64. The summed E-state index contributed by atoms with van der Waals surface area (Å²) in [5.74, 6) is 0.894. The van der Waals surface area contributed by atoms with Gasteiger partial charge in [0.25, 0.3) is 5.56 Å². The lowest BCUT2D eigenvalue weighted by Gasteiger charge is -2.20. The Labute approximate surface area is 164 Å². The van der Waals surface area contributed by atoms with Crippen molar-refractivity contribution in [3.8, 4) is 0 Å². The van der Waals surface area contributed by atoms with Crippen molar-refractivity contribution in [2.45, 2.75) is 46.1 Å². The summed E-state index contributed by atoms with van der Waals surface area (Å²) in [4.78, 5) is 23.1. The molecule has 0 saturated carbocycles. The molecule has 2 aromatic heterocycles. The molecule has 4 nitrogen and oxygen atoms in total. The highest BCUT2D eigenvalue weighted by Crippen LogP contribution is 2.34. The van der Waals surface area contributed by atoms with Crippen molar-refractivity contribution >= 4 is 21.6 Å². The highest BCUT2D eigenvalue weighted by Gasteiger charge is 2.23. The second kappa shape index (κ2) is 7.95. The highest BCUT2D eigenvalue weighted by molar-refractivity contribution is 7.18. The predicted molar refractivity (Wildman–Crippen MR) is 113 cm³/mol. The normalized spacial score (nSPS) is 13.6. The van der Waals surface area contributed by atoms with Crippen molar-refractivity contribution in [3.05, 3.63) is 62.5 Å². The molecule has 0 atom stereocenters. The van der Waals surface area contributed by atoms with Crippen molar-refractivity contribution < 1.29 is 0 Å². The van der Waals surface area contributed by atoms with Crippen LogP contribution in [0.4, 0.5) is 0 Å². The van der Waals surface area contributed by atoms with E-state index in [9.17, 15) is 4.79 Å². The maximum Gasteiger partial charge on any atom is 0.262 e. The number of nitrogens with zero attached hydrogens (tertiary/aromatic N) is 3. The third-order valence-corrected chi connectivity index (χ3v) is 6.83. The molecule has 1 aromatic carbocycles. The van der Waals surface area contributed by atoms with Gasteiger partial charge >= 0.3 is 0 Å². The van der Waals surface area contributed by atoms with E-state index in [4.69, 9.17) is 4.98 Å². The zero-order chi connectivity index (χ0) is 18.8. The van der Waals surface area contributed by atoms with Gasteiger partial charge in [0.2, 0.25) is 0 Å². The van der Waals surface area contributed by atoms with E-state index in [0.717, 1.165) is 48.5 Å². The molecule has 142 valence electrons. The van der Waals surface area contributed by atoms with E-state index in [0.29, 0.717) is 13.0 Å². The minimum atomic E-state index is 0.164. The van der Waals surface area contributed by atoms with E-state index in [1.54, 1.807) is 11.3 Å². The maximum absolute atomic E-state index is 13.5. The van der Waals surface area contributed by atoms with Crippen LogP contribution in [0.5, 0.6) is 0 Å². The Morgan fingerprint density at radius 1 is 1.15 bits per heavy atom. The third kappa shape index (κ3) is 3.58. The number of fused-ring (bicyclic) bond motifs is 3. The standard InChI is InChI=1S/C22H27N3OS/c1-3-24(4-2)13-14-25-19(15-16-9-6-5-7-10-16)23-21-20(22(25)26)17-11-8-12-18(17)27-21/h5-7,9-10H,3-4,8,11-15H2,1-2H3. The van der Waals surface area contributed by atoms with Gasteiger partial charge < -0.3 is 4.90 Å². The zero-order valence-electron chi connectivity index (χ0n) is 16.2. The Morgan fingerprint density at radius 3 is 2.67 bits per heavy atom. The molecule has 0 saturated heterocycles. The lowest BCUT2D eigenvalue weighted by atomic mass is 10.1. The van der Waals surface area contributed by atoms with Crippen molar-refractivity contribution in [3.63, 3.8) is 0 Å². The lowest BCUT2D eigenvalue weighted by molar-refractivity contribution is 0.287. The minimum absolute atomic E-state index is 0.164. The highest BCUT2D eigenvalue weighted by atomic mass is 32.1. The maximum atomic E-state index is 13.5. The number of aryl methyl sites for hydroxylation is 2. The summed E-state index contributed by atoms with van der Waals surface area (Å²) in [6.45, 7) is 7.94. The molecule has 5 heteroatoms. The molecular weight excluding hydrogens is 354 g/mol. The average Bonchev–Trinajstić information content (AvgIpc) is 3.26. The van der Waals surface area contributed by atoms with Crippen LogP contribution in [0.25, 0.3) is 10.2 Å². The van der Waals surface area contributed by atoms with Gasteiger partial charge in [0.05, 0.1) is 5.39 Å². The fourth-order valence-electron chi connectivity index (χ4n) is 4.04. The number of benzene rings is 1. The smallest absolute Gasteiger partial charge is 0.262 e. The number of likely N-dealkylation sites (N-methyl/N-ethyl adjacent to an activating group) is 1. The Balaban J connectivity index is 1.79. The molecule has 2 heterocycles. The summed E-state index contributed by atoms with van der Waals surface area (Å²) >= 11 is 1.73. The molecule has 27 heavy (non-hydrogen) atoms. The molecule has 3 aromatic rings. The molecule has 1 aliphatic carbocycles. The van der Waals surface area contributed by atoms with Gasteiger partial charge in [-0.05, 0) is 43.5 Å². The largest absolute Gasteiger partial charge is 0.302 e. The van der Waals surface area contributed by atoms with E-state index >= 15 is 0 Å². The van der Waals surface area contributed by atoms with Crippen molar-refractivity contribution in [2.24, 2.45) is 0 Å². The Hall–Kier alpha value is -1.98. The molecule has 0 aliphatic heterocycles. The number of hydrogen-bond donors (Lipinski definition) is 0. The lowest BCUT2D eigenvalue weighted by Crippen LogP contribution is -2.33. The van der Waals surface area contributed by atoms with E-state index in [1.807, 2.05) is 22.8 Å². The van der Waals surface area contributed by atoms with Crippen LogP contribution in [0, 0.1) is 0 Å². The molecule has 0 N–H and O–H groups in total. The first-order chi connectivity index (χ1) is 13.2. The number of rotatable bonds is 7. The monoisotopic (exact) mass is 381 g/mol. The molecule has 0 spiro atoms. The van der Waals surface area contributed by atoms with Gasteiger partial charge in [-0.1, -0.05) is 44.2 Å². The van der Waals surface area contributed by atoms with Gasteiger partial charge in [-0.3, -0.25) is 9.36 Å². The fraction of sp³-hybridized carbons (Fsp3) is 0.455. The molecule has 0 radical (unpaired) electrons. The van der Waals surface area contributed by atoms with E-state index in [2.05, 4.69) is 30.9 Å². The molecule has 1 aliphatic rings. The SMILES string of the molecule is CCN(CC)CCn1c(Cc2ccccc2)nc2sc3c(c2c1=O)CCC3. The summed E-state index contributed by atoms with van der Waals surface area (Å²) in [5.41, 5.74) is 2.64. The summed E-state index contributed by atoms with van der Waals surface area (Å²) in [6.07, 6.45) is 4.00. The first kappa shape index (κ1) is 18.4. The van der Waals surface area contributed by atoms with Crippen LogP contribution in [0.2, 0.25) is 0 Å². The van der Waals surface area contributed by atoms with Gasteiger partial charge in [-0.2, -0.15) is 0 Å². The number of aromatic nitrogens is 2.